The number of hydrogen-bond acceptors (Lipinski definition) is 2. The summed E-state index contributed by atoms with van der Waals surface area (Å²) < 4.78 is 29.0. The highest BCUT2D eigenvalue weighted by Gasteiger charge is 2.19. The molecule has 0 aliphatic rings. The summed E-state index contributed by atoms with van der Waals surface area (Å²) in [6.45, 7) is 4.02. The molecule has 0 aromatic heterocycles. The Morgan fingerprint density at radius 1 is 1.27 bits per heavy atom. The molecule has 0 fully saturated rings. The number of carbonyl (C=O) groups excluding carboxylic acids is 1. The molecule has 5 heteroatoms. The largest absolute Gasteiger partial charge is 0.444 e. The summed E-state index contributed by atoms with van der Waals surface area (Å²) in [6, 6.07) is -0.491. The number of halogens is 2. The third kappa shape index (κ3) is 8.15. The van der Waals surface area contributed by atoms with Crippen LogP contribution in [-0.4, -0.2) is 31.1 Å². The number of nitrogens with one attached hydrogen (secondary N) is 1. The maximum Gasteiger partial charge on any atom is 0.407 e. The zero-order chi connectivity index (χ0) is 11.9. The topological polar surface area (TPSA) is 38.3 Å². The van der Waals surface area contributed by atoms with Crippen molar-refractivity contribution in [2.45, 2.75) is 45.3 Å². The van der Waals surface area contributed by atoms with E-state index in [9.17, 15) is 13.6 Å². The molecule has 0 rings (SSSR count). The Morgan fingerprint density at radius 3 is 2.07 bits per heavy atom. The average Bonchev–Trinajstić information content (AvgIpc) is 2.00. The molecule has 0 aliphatic heterocycles. The highest BCUT2D eigenvalue weighted by Crippen LogP contribution is 2.08. The first kappa shape index (κ1) is 14.1. The van der Waals surface area contributed by atoms with Crippen molar-refractivity contribution in [1.82, 2.24) is 5.32 Å². The van der Waals surface area contributed by atoms with E-state index in [-0.39, 0.29) is 12.8 Å². The minimum absolute atomic E-state index is 0.114. The van der Waals surface area contributed by atoms with Crippen LogP contribution in [0, 0.1) is 0 Å². The molecule has 0 aromatic carbocycles. The zero-order valence-electron chi connectivity index (χ0n) is 9.48. The van der Waals surface area contributed by atoms with E-state index >= 15 is 0 Å². The standard InChI is InChI=1S/C10H19F2NO2/c1-10(2,3)15-9(14)13-8(4-6-11)5-7-12/h8H,4-7H2,1-3H3,(H,13,14). The molecule has 0 aliphatic carbocycles. The summed E-state index contributed by atoms with van der Waals surface area (Å²) in [5.74, 6) is 0. The first-order valence-electron chi connectivity index (χ1n) is 5.00. The van der Waals surface area contributed by atoms with Crippen LogP contribution in [0.15, 0.2) is 0 Å². The van der Waals surface area contributed by atoms with E-state index in [4.69, 9.17) is 4.74 Å². The second-order valence-electron chi connectivity index (χ2n) is 4.30. The minimum atomic E-state index is -0.630. The number of hydrogen-bond donors (Lipinski definition) is 1. The van der Waals surface area contributed by atoms with Crippen LogP contribution >= 0.6 is 0 Å². The van der Waals surface area contributed by atoms with Crippen molar-refractivity contribution in [1.29, 1.82) is 0 Å². The number of amides is 1. The van der Waals surface area contributed by atoms with Gasteiger partial charge in [0.2, 0.25) is 0 Å². The SMILES string of the molecule is CC(C)(C)OC(=O)NC(CCF)CCF. The lowest BCUT2D eigenvalue weighted by Crippen LogP contribution is -2.39. The molecular formula is C10H19F2NO2. The van der Waals surface area contributed by atoms with Crippen molar-refractivity contribution in [3.05, 3.63) is 0 Å². The molecule has 0 atom stereocenters. The number of ether oxygens (including phenoxy) is 1. The van der Waals surface area contributed by atoms with E-state index in [0.717, 1.165) is 0 Å². The Labute approximate surface area is 89.2 Å². The fourth-order valence-corrected chi connectivity index (χ4v) is 1.03. The van der Waals surface area contributed by atoms with E-state index in [1.165, 1.54) is 0 Å². The molecule has 0 unspecified atom stereocenters. The summed E-state index contributed by atoms with van der Waals surface area (Å²) in [5, 5.41) is 2.43. The van der Waals surface area contributed by atoms with Crippen molar-refractivity contribution in [2.75, 3.05) is 13.3 Å². The molecule has 0 saturated heterocycles. The third-order valence-electron chi connectivity index (χ3n) is 1.64. The quantitative estimate of drug-likeness (QED) is 0.778. The highest BCUT2D eigenvalue weighted by molar-refractivity contribution is 5.68. The van der Waals surface area contributed by atoms with Gasteiger partial charge in [0.1, 0.15) is 5.60 Å². The lowest BCUT2D eigenvalue weighted by Gasteiger charge is -2.22. The van der Waals surface area contributed by atoms with E-state index in [1.807, 2.05) is 0 Å². The second-order valence-corrected chi connectivity index (χ2v) is 4.30. The van der Waals surface area contributed by atoms with E-state index < -0.39 is 31.1 Å². The van der Waals surface area contributed by atoms with Gasteiger partial charge in [0, 0.05) is 6.04 Å². The molecule has 0 aromatic rings. The van der Waals surface area contributed by atoms with Crippen molar-refractivity contribution in [3.8, 4) is 0 Å². The molecule has 15 heavy (non-hydrogen) atoms. The van der Waals surface area contributed by atoms with Crippen molar-refractivity contribution in [2.24, 2.45) is 0 Å². The zero-order valence-corrected chi connectivity index (χ0v) is 9.48. The van der Waals surface area contributed by atoms with Gasteiger partial charge in [0.25, 0.3) is 0 Å². The monoisotopic (exact) mass is 223 g/mol. The molecule has 0 radical (unpaired) electrons. The van der Waals surface area contributed by atoms with E-state index in [0.29, 0.717) is 0 Å². The molecular weight excluding hydrogens is 204 g/mol. The first-order valence-corrected chi connectivity index (χ1v) is 5.00. The van der Waals surface area contributed by atoms with Gasteiger partial charge in [0.15, 0.2) is 0 Å². The van der Waals surface area contributed by atoms with Gasteiger partial charge in [0.05, 0.1) is 13.3 Å². The summed E-state index contributed by atoms with van der Waals surface area (Å²) in [4.78, 5) is 11.2. The average molecular weight is 223 g/mol. The van der Waals surface area contributed by atoms with Gasteiger partial charge in [-0.1, -0.05) is 0 Å². The van der Waals surface area contributed by atoms with Gasteiger partial charge in [-0.3, -0.25) is 8.78 Å². The van der Waals surface area contributed by atoms with Crippen LogP contribution in [0.4, 0.5) is 13.6 Å². The summed E-state index contributed by atoms with van der Waals surface area (Å²) in [7, 11) is 0. The van der Waals surface area contributed by atoms with Crippen LogP contribution in [0.1, 0.15) is 33.6 Å². The molecule has 3 nitrogen and oxygen atoms in total. The number of alkyl halides is 2. The number of alkyl carbamates (subject to hydrolysis) is 1. The molecule has 1 N–H and O–H groups in total. The van der Waals surface area contributed by atoms with Gasteiger partial charge < -0.3 is 10.1 Å². The van der Waals surface area contributed by atoms with Crippen LogP contribution < -0.4 is 5.32 Å². The maximum atomic E-state index is 12.0. The van der Waals surface area contributed by atoms with Gasteiger partial charge in [-0.05, 0) is 33.6 Å². The summed E-state index contributed by atoms with van der Waals surface area (Å²) in [5.41, 5.74) is -0.597. The Balaban J connectivity index is 3.99. The van der Waals surface area contributed by atoms with Gasteiger partial charge in [-0.25, -0.2) is 4.79 Å². The predicted octanol–water partition coefficient (Wildman–Crippen LogP) is 2.60. The number of rotatable bonds is 5. The van der Waals surface area contributed by atoms with Gasteiger partial charge >= 0.3 is 6.09 Å². The van der Waals surface area contributed by atoms with Crippen LogP contribution in [0.5, 0.6) is 0 Å². The first-order chi connectivity index (χ1) is 6.89. The Hall–Kier alpha value is -0.870. The molecule has 1 amide bonds. The minimum Gasteiger partial charge on any atom is -0.444 e. The van der Waals surface area contributed by atoms with Crippen LogP contribution in [0.2, 0.25) is 0 Å². The maximum absolute atomic E-state index is 12.0. The van der Waals surface area contributed by atoms with Crippen LogP contribution in [0.3, 0.4) is 0 Å². The smallest absolute Gasteiger partial charge is 0.407 e. The van der Waals surface area contributed by atoms with Crippen LogP contribution in [-0.2, 0) is 4.74 Å². The fraction of sp³-hybridized carbons (Fsp3) is 0.900. The van der Waals surface area contributed by atoms with Crippen molar-refractivity contribution in [3.63, 3.8) is 0 Å². The normalized spacial score (nSPS) is 11.6. The third-order valence-corrected chi connectivity index (χ3v) is 1.64. The lowest BCUT2D eigenvalue weighted by molar-refractivity contribution is 0.0496. The molecule has 0 bridgehead atoms. The van der Waals surface area contributed by atoms with Crippen molar-refractivity contribution < 1.29 is 18.3 Å². The predicted molar refractivity (Wildman–Crippen MR) is 54.3 cm³/mol. The molecule has 0 saturated carbocycles. The molecule has 90 valence electrons. The Morgan fingerprint density at radius 2 is 1.73 bits per heavy atom. The fourth-order valence-electron chi connectivity index (χ4n) is 1.03. The van der Waals surface area contributed by atoms with Crippen molar-refractivity contribution >= 4 is 6.09 Å². The molecule has 0 heterocycles. The van der Waals surface area contributed by atoms with Crippen LogP contribution in [0.25, 0.3) is 0 Å². The highest BCUT2D eigenvalue weighted by atomic mass is 19.1. The molecule has 0 spiro atoms. The Bertz CT molecular complexity index is 186. The Kier molecular flexibility index (Phi) is 6.20. The summed E-state index contributed by atoms with van der Waals surface area (Å²) >= 11 is 0. The second kappa shape index (κ2) is 6.58. The summed E-state index contributed by atoms with van der Waals surface area (Å²) in [6.07, 6.45) is -0.402. The van der Waals surface area contributed by atoms with Gasteiger partial charge in [-0.15, -0.1) is 0 Å². The van der Waals surface area contributed by atoms with Gasteiger partial charge in [-0.2, -0.15) is 0 Å². The number of carbonyl (C=O) groups is 1. The lowest BCUT2D eigenvalue weighted by atomic mass is 10.1. The van der Waals surface area contributed by atoms with E-state index in [1.54, 1.807) is 20.8 Å². The van der Waals surface area contributed by atoms with E-state index in [2.05, 4.69) is 5.32 Å².